The predicted octanol–water partition coefficient (Wildman–Crippen LogP) is 3.53. The molecule has 0 saturated carbocycles. The minimum Gasteiger partial charge on any atom is -0.492 e. The Hall–Kier alpha value is -3.61. The first-order valence-electron chi connectivity index (χ1n) is 8.62. The van der Waals surface area contributed by atoms with Crippen molar-refractivity contribution in [2.45, 2.75) is 12.7 Å². The summed E-state index contributed by atoms with van der Waals surface area (Å²) in [5.41, 5.74) is -0.0359. The van der Waals surface area contributed by atoms with E-state index in [1.165, 1.54) is 20.3 Å². The van der Waals surface area contributed by atoms with Crippen LogP contribution in [0.4, 0.5) is 23.9 Å². The van der Waals surface area contributed by atoms with Gasteiger partial charge >= 0.3 is 6.18 Å². The summed E-state index contributed by atoms with van der Waals surface area (Å²) in [6.07, 6.45) is -3.45. The number of amidine groups is 1. The van der Waals surface area contributed by atoms with Crippen LogP contribution in [0.1, 0.15) is 16.8 Å². The maximum absolute atomic E-state index is 12.6. The number of methoxy groups -OCH3 is 2. The van der Waals surface area contributed by atoms with Crippen LogP contribution in [0.2, 0.25) is 0 Å². The SMILES string of the molecule is COc1ccc(Nc2snc(O)c2C(=N)NCc2ccc(C(F)(F)F)nc2)c(OC)n1. The second-order valence-electron chi connectivity index (χ2n) is 6.02. The fraction of sp³-hybridized carbons (Fsp3) is 0.222. The van der Waals surface area contributed by atoms with Gasteiger partial charge in [0.2, 0.25) is 17.6 Å². The van der Waals surface area contributed by atoms with Gasteiger partial charge in [0.05, 0.1) is 14.2 Å². The number of hydrogen-bond acceptors (Lipinski definition) is 9. The summed E-state index contributed by atoms with van der Waals surface area (Å²) < 4.78 is 51.9. The molecule has 0 aliphatic rings. The number of rotatable bonds is 7. The van der Waals surface area contributed by atoms with Crippen LogP contribution in [0.25, 0.3) is 0 Å². The summed E-state index contributed by atoms with van der Waals surface area (Å²) in [5, 5.41) is 24.4. The van der Waals surface area contributed by atoms with Crippen molar-refractivity contribution in [1.29, 1.82) is 5.41 Å². The Morgan fingerprint density at radius 3 is 2.58 bits per heavy atom. The molecule has 0 saturated heterocycles. The maximum Gasteiger partial charge on any atom is 0.433 e. The van der Waals surface area contributed by atoms with Crippen LogP contribution < -0.4 is 20.1 Å². The molecule has 0 bridgehead atoms. The fourth-order valence-electron chi connectivity index (χ4n) is 2.48. The van der Waals surface area contributed by atoms with E-state index in [9.17, 15) is 18.3 Å². The van der Waals surface area contributed by atoms with Gasteiger partial charge in [-0.15, -0.1) is 0 Å². The molecule has 0 radical (unpaired) electrons. The Labute approximate surface area is 178 Å². The number of nitrogens with zero attached hydrogens (tertiary/aromatic N) is 3. The normalized spacial score (nSPS) is 11.1. The lowest BCUT2D eigenvalue weighted by Crippen LogP contribution is -2.23. The van der Waals surface area contributed by atoms with Crippen LogP contribution in [0, 0.1) is 5.41 Å². The van der Waals surface area contributed by atoms with Gasteiger partial charge in [-0.05, 0) is 29.2 Å². The molecule has 0 fully saturated rings. The number of nitrogens with one attached hydrogen (secondary N) is 3. The largest absolute Gasteiger partial charge is 0.492 e. The lowest BCUT2D eigenvalue weighted by Gasteiger charge is -2.13. The molecule has 0 aliphatic heterocycles. The molecule has 0 spiro atoms. The Balaban J connectivity index is 1.74. The first-order chi connectivity index (χ1) is 14.7. The number of ether oxygens (including phenoxy) is 2. The van der Waals surface area contributed by atoms with Crippen molar-refractivity contribution in [2.75, 3.05) is 19.5 Å². The second-order valence-corrected chi connectivity index (χ2v) is 6.80. The van der Waals surface area contributed by atoms with E-state index in [1.807, 2.05) is 0 Å². The first-order valence-corrected chi connectivity index (χ1v) is 9.40. The number of pyridine rings is 2. The average Bonchev–Trinajstić information content (AvgIpc) is 3.12. The van der Waals surface area contributed by atoms with Gasteiger partial charge in [-0.2, -0.15) is 22.5 Å². The highest BCUT2D eigenvalue weighted by molar-refractivity contribution is 7.11. The molecule has 13 heteroatoms. The summed E-state index contributed by atoms with van der Waals surface area (Å²) in [5.74, 6) is 0.00733. The Kier molecular flexibility index (Phi) is 6.44. The molecule has 0 amide bonds. The number of halogens is 3. The van der Waals surface area contributed by atoms with E-state index in [0.29, 0.717) is 22.1 Å². The molecule has 3 heterocycles. The van der Waals surface area contributed by atoms with E-state index in [1.54, 1.807) is 12.1 Å². The van der Waals surface area contributed by atoms with Crippen molar-refractivity contribution >= 4 is 28.1 Å². The maximum atomic E-state index is 12.6. The molecule has 3 aromatic heterocycles. The Bertz CT molecular complexity index is 1070. The highest BCUT2D eigenvalue weighted by Crippen LogP contribution is 2.35. The molecule has 0 atom stereocenters. The molecule has 3 aromatic rings. The molecule has 31 heavy (non-hydrogen) atoms. The van der Waals surface area contributed by atoms with Gasteiger partial charge in [0.15, 0.2) is 0 Å². The molecular weight excluding hydrogens is 437 g/mol. The number of anilines is 2. The van der Waals surface area contributed by atoms with Crippen LogP contribution >= 0.6 is 11.5 Å². The third-order valence-corrected chi connectivity index (χ3v) is 4.75. The summed E-state index contributed by atoms with van der Waals surface area (Å²) in [6.45, 7) is 0.0200. The van der Waals surface area contributed by atoms with Crippen molar-refractivity contribution in [1.82, 2.24) is 19.7 Å². The van der Waals surface area contributed by atoms with Gasteiger partial charge in [0.25, 0.3) is 0 Å². The summed E-state index contributed by atoms with van der Waals surface area (Å²) in [6, 6.07) is 5.37. The Morgan fingerprint density at radius 2 is 1.97 bits per heavy atom. The molecule has 0 aromatic carbocycles. The summed E-state index contributed by atoms with van der Waals surface area (Å²) in [7, 11) is 2.90. The molecular formula is C18H17F3N6O3S. The van der Waals surface area contributed by atoms with Crippen molar-refractivity contribution in [3.8, 4) is 17.6 Å². The van der Waals surface area contributed by atoms with Crippen molar-refractivity contribution in [3.05, 3.63) is 47.3 Å². The Morgan fingerprint density at radius 1 is 1.19 bits per heavy atom. The standard InChI is InChI=1S/C18H17F3N6O3S/c1-29-12-6-4-10(16(26-12)30-2)25-17-13(15(28)27-31-17)14(22)24-8-9-3-5-11(23-7-9)18(19,20)21/h3-7,25H,8H2,1-2H3,(H2,22,24)(H,27,28). The zero-order valence-electron chi connectivity index (χ0n) is 16.2. The average molecular weight is 454 g/mol. The van der Waals surface area contributed by atoms with E-state index in [2.05, 4.69) is 25.0 Å². The van der Waals surface area contributed by atoms with Gasteiger partial charge < -0.3 is 25.2 Å². The van der Waals surface area contributed by atoms with Gasteiger partial charge in [-0.1, -0.05) is 6.07 Å². The van der Waals surface area contributed by atoms with E-state index < -0.39 is 11.9 Å². The van der Waals surface area contributed by atoms with Gasteiger partial charge in [-0.3, -0.25) is 10.4 Å². The minimum absolute atomic E-state index is 0.0200. The number of aromatic hydroxyl groups is 1. The van der Waals surface area contributed by atoms with E-state index in [0.717, 1.165) is 23.8 Å². The molecule has 0 aliphatic carbocycles. The zero-order chi connectivity index (χ0) is 22.6. The van der Waals surface area contributed by atoms with Gasteiger partial charge in [0, 0.05) is 18.8 Å². The monoisotopic (exact) mass is 454 g/mol. The van der Waals surface area contributed by atoms with Gasteiger partial charge in [0.1, 0.15) is 27.8 Å². The molecule has 0 unspecified atom stereocenters. The van der Waals surface area contributed by atoms with E-state index >= 15 is 0 Å². The van der Waals surface area contributed by atoms with Crippen LogP contribution in [0.5, 0.6) is 17.6 Å². The van der Waals surface area contributed by atoms with Crippen LogP contribution in [-0.2, 0) is 12.7 Å². The summed E-state index contributed by atoms with van der Waals surface area (Å²) in [4.78, 5) is 7.52. The molecule has 164 valence electrons. The third kappa shape index (κ3) is 5.12. The minimum atomic E-state index is -4.52. The van der Waals surface area contributed by atoms with Crippen LogP contribution in [-0.4, -0.2) is 39.5 Å². The van der Waals surface area contributed by atoms with Gasteiger partial charge in [-0.25, -0.2) is 0 Å². The van der Waals surface area contributed by atoms with Crippen molar-refractivity contribution in [3.63, 3.8) is 0 Å². The third-order valence-electron chi connectivity index (χ3n) is 3.99. The first kappa shape index (κ1) is 22.1. The lowest BCUT2D eigenvalue weighted by molar-refractivity contribution is -0.141. The van der Waals surface area contributed by atoms with Crippen molar-refractivity contribution in [2.24, 2.45) is 0 Å². The summed E-state index contributed by atoms with van der Waals surface area (Å²) >= 11 is 0.911. The topological polar surface area (TPSA) is 125 Å². The van der Waals surface area contributed by atoms with E-state index in [4.69, 9.17) is 14.9 Å². The number of aromatic nitrogens is 3. The fourth-order valence-corrected chi connectivity index (χ4v) is 3.19. The van der Waals surface area contributed by atoms with E-state index in [-0.39, 0.29) is 29.7 Å². The molecule has 3 rings (SSSR count). The van der Waals surface area contributed by atoms with Crippen LogP contribution in [0.3, 0.4) is 0 Å². The lowest BCUT2D eigenvalue weighted by atomic mass is 10.2. The quantitative estimate of drug-likeness (QED) is 0.316. The zero-order valence-corrected chi connectivity index (χ0v) is 17.1. The molecule has 4 N–H and O–H groups in total. The smallest absolute Gasteiger partial charge is 0.433 e. The highest BCUT2D eigenvalue weighted by Gasteiger charge is 2.32. The molecule has 9 nitrogen and oxygen atoms in total. The van der Waals surface area contributed by atoms with Crippen LogP contribution in [0.15, 0.2) is 30.5 Å². The van der Waals surface area contributed by atoms with Crippen molar-refractivity contribution < 1.29 is 27.8 Å². The second kappa shape index (κ2) is 9.04. The number of alkyl halides is 3. The highest BCUT2D eigenvalue weighted by atomic mass is 32.1. The number of hydrogen-bond donors (Lipinski definition) is 4. The predicted molar refractivity (Wildman–Crippen MR) is 107 cm³/mol.